The maximum Gasteiger partial charge on any atom is 0.416 e. The summed E-state index contributed by atoms with van der Waals surface area (Å²) in [5.41, 5.74) is -1.22. The van der Waals surface area contributed by atoms with Gasteiger partial charge in [0.25, 0.3) is 0 Å². The third-order valence-electron chi connectivity index (χ3n) is 3.14. The highest BCUT2D eigenvalue weighted by atomic mass is 19.4. The Morgan fingerprint density at radius 1 is 1.17 bits per heavy atom. The summed E-state index contributed by atoms with van der Waals surface area (Å²) in [6.45, 7) is 3.62. The molecule has 0 amide bonds. The zero-order chi connectivity index (χ0) is 13.9. The number of aliphatic hydroxyl groups excluding tert-OH is 1. The van der Waals surface area contributed by atoms with Crippen molar-refractivity contribution in [2.75, 3.05) is 0 Å². The molecule has 1 atom stereocenters. The van der Waals surface area contributed by atoms with E-state index in [2.05, 4.69) is 0 Å². The number of hydrogen-bond donors (Lipinski definition) is 1. The SMILES string of the molecule is CCC(CC)C(O)c1cc(C(F)(F)F)ccc1F. The Morgan fingerprint density at radius 2 is 1.72 bits per heavy atom. The Labute approximate surface area is 103 Å². The summed E-state index contributed by atoms with van der Waals surface area (Å²) in [4.78, 5) is 0. The van der Waals surface area contributed by atoms with E-state index in [9.17, 15) is 22.7 Å². The highest BCUT2D eigenvalue weighted by Crippen LogP contribution is 2.34. The van der Waals surface area contributed by atoms with Crippen molar-refractivity contribution in [3.63, 3.8) is 0 Å². The first-order valence-corrected chi connectivity index (χ1v) is 5.85. The molecule has 1 aromatic carbocycles. The van der Waals surface area contributed by atoms with Gasteiger partial charge in [0, 0.05) is 5.56 Å². The average Bonchev–Trinajstić information content (AvgIpc) is 2.29. The van der Waals surface area contributed by atoms with Gasteiger partial charge in [-0.25, -0.2) is 4.39 Å². The van der Waals surface area contributed by atoms with Crippen LogP contribution in [0.5, 0.6) is 0 Å². The summed E-state index contributed by atoms with van der Waals surface area (Å²) in [6.07, 6.45) is -4.58. The van der Waals surface area contributed by atoms with E-state index >= 15 is 0 Å². The van der Waals surface area contributed by atoms with Crippen molar-refractivity contribution in [1.82, 2.24) is 0 Å². The quantitative estimate of drug-likeness (QED) is 0.803. The minimum atomic E-state index is -4.53. The summed E-state index contributed by atoms with van der Waals surface area (Å²) in [7, 11) is 0. The molecule has 1 unspecified atom stereocenters. The molecule has 0 radical (unpaired) electrons. The van der Waals surface area contributed by atoms with Crippen LogP contribution in [0.4, 0.5) is 17.6 Å². The van der Waals surface area contributed by atoms with Crippen LogP contribution in [0.2, 0.25) is 0 Å². The first-order valence-electron chi connectivity index (χ1n) is 5.85. The van der Waals surface area contributed by atoms with Crippen molar-refractivity contribution in [3.05, 3.63) is 35.1 Å². The third-order valence-corrected chi connectivity index (χ3v) is 3.14. The van der Waals surface area contributed by atoms with Crippen molar-refractivity contribution in [2.45, 2.75) is 39.0 Å². The normalized spacial score (nSPS) is 14.0. The lowest BCUT2D eigenvalue weighted by Gasteiger charge is -2.21. The zero-order valence-electron chi connectivity index (χ0n) is 10.3. The molecule has 1 N–H and O–H groups in total. The number of aliphatic hydroxyl groups is 1. The van der Waals surface area contributed by atoms with Crippen molar-refractivity contribution in [1.29, 1.82) is 0 Å². The van der Waals surface area contributed by atoms with E-state index in [1.54, 1.807) is 0 Å². The fourth-order valence-corrected chi connectivity index (χ4v) is 1.94. The van der Waals surface area contributed by atoms with E-state index in [0.717, 1.165) is 6.07 Å². The summed E-state index contributed by atoms with van der Waals surface area (Å²) in [6, 6.07) is 2.13. The van der Waals surface area contributed by atoms with Gasteiger partial charge < -0.3 is 5.11 Å². The lowest BCUT2D eigenvalue weighted by molar-refractivity contribution is -0.137. The van der Waals surface area contributed by atoms with Gasteiger partial charge >= 0.3 is 6.18 Å². The summed E-state index contributed by atoms with van der Waals surface area (Å²) >= 11 is 0. The predicted octanol–water partition coefficient (Wildman–Crippen LogP) is 4.31. The number of hydrogen-bond acceptors (Lipinski definition) is 1. The van der Waals surface area contributed by atoms with Crippen LogP contribution in [0.1, 0.15) is 43.9 Å². The van der Waals surface area contributed by atoms with Crippen LogP contribution in [0.15, 0.2) is 18.2 Å². The van der Waals surface area contributed by atoms with E-state index in [1.165, 1.54) is 0 Å². The molecule has 0 heterocycles. The molecule has 1 aromatic rings. The molecule has 102 valence electrons. The maximum absolute atomic E-state index is 13.5. The van der Waals surface area contributed by atoms with Gasteiger partial charge in [0.1, 0.15) is 5.82 Å². The lowest BCUT2D eigenvalue weighted by atomic mass is 9.90. The van der Waals surface area contributed by atoms with Crippen LogP contribution in [-0.4, -0.2) is 5.11 Å². The monoisotopic (exact) mass is 264 g/mol. The molecule has 0 saturated carbocycles. The van der Waals surface area contributed by atoms with Gasteiger partial charge in [0.2, 0.25) is 0 Å². The first kappa shape index (κ1) is 15.0. The van der Waals surface area contributed by atoms with Crippen molar-refractivity contribution in [3.8, 4) is 0 Å². The first-order chi connectivity index (χ1) is 8.31. The van der Waals surface area contributed by atoms with Gasteiger partial charge in [-0.2, -0.15) is 13.2 Å². The van der Waals surface area contributed by atoms with E-state index in [1.807, 2.05) is 13.8 Å². The fourth-order valence-electron chi connectivity index (χ4n) is 1.94. The summed E-state index contributed by atoms with van der Waals surface area (Å²) < 4.78 is 51.1. The van der Waals surface area contributed by atoms with Gasteiger partial charge in [-0.3, -0.25) is 0 Å². The summed E-state index contributed by atoms with van der Waals surface area (Å²) in [5, 5.41) is 9.94. The number of halogens is 4. The van der Waals surface area contributed by atoms with Crippen LogP contribution >= 0.6 is 0 Å². The Morgan fingerprint density at radius 3 is 2.17 bits per heavy atom. The zero-order valence-corrected chi connectivity index (χ0v) is 10.3. The molecule has 0 aliphatic rings. The van der Waals surface area contributed by atoms with E-state index in [-0.39, 0.29) is 11.5 Å². The minimum Gasteiger partial charge on any atom is -0.388 e. The molecule has 0 aliphatic heterocycles. The predicted molar refractivity (Wildman–Crippen MR) is 60.4 cm³/mol. The van der Waals surface area contributed by atoms with Crippen LogP contribution in [0.3, 0.4) is 0 Å². The molecule has 0 bridgehead atoms. The van der Waals surface area contributed by atoms with E-state index < -0.39 is 23.7 Å². The lowest BCUT2D eigenvalue weighted by Crippen LogP contribution is -2.14. The Bertz CT molecular complexity index is 396. The second-order valence-electron chi connectivity index (χ2n) is 4.26. The topological polar surface area (TPSA) is 20.2 Å². The second-order valence-corrected chi connectivity index (χ2v) is 4.26. The molecule has 0 spiro atoms. The average molecular weight is 264 g/mol. The molecule has 18 heavy (non-hydrogen) atoms. The molecular formula is C13H16F4O. The van der Waals surface area contributed by atoms with Crippen LogP contribution < -0.4 is 0 Å². The number of rotatable bonds is 4. The van der Waals surface area contributed by atoms with Gasteiger partial charge in [-0.05, 0) is 24.1 Å². The molecule has 0 aromatic heterocycles. The van der Waals surface area contributed by atoms with Crippen molar-refractivity contribution in [2.24, 2.45) is 5.92 Å². The van der Waals surface area contributed by atoms with Crippen molar-refractivity contribution >= 4 is 0 Å². The van der Waals surface area contributed by atoms with Gasteiger partial charge in [0.15, 0.2) is 0 Å². The molecule has 1 nitrogen and oxygen atoms in total. The Kier molecular flexibility index (Phi) is 4.73. The minimum absolute atomic E-state index is 0.247. The maximum atomic E-state index is 13.5. The van der Waals surface area contributed by atoms with Gasteiger partial charge in [-0.15, -0.1) is 0 Å². The molecule has 0 saturated heterocycles. The Balaban J connectivity index is 3.15. The fraction of sp³-hybridized carbons (Fsp3) is 0.538. The molecule has 5 heteroatoms. The highest BCUT2D eigenvalue weighted by molar-refractivity contribution is 5.29. The second kappa shape index (κ2) is 5.69. The largest absolute Gasteiger partial charge is 0.416 e. The molecule has 0 fully saturated rings. The smallest absolute Gasteiger partial charge is 0.388 e. The summed E-state index contributed by atoms with van der Waals surface area (Å²) in [5.74, 6) is -1.05. The number of benzene rings is 1. The molecular weight excluding hydrogens is 248 g/mol. The third kappa shape index (κ3) is 3.22. The standard InChI is InChI=1S/C13H16F4O/c1-3-8(4-2)12(18)10-7-9(13(15,16)17)5-6-11(10)14/h5-8,12,18H,3-4H2,1-2H3. The molecule has 1 rings (SSSR count). The number of alkyl halides is 3. The van der Waals surface area contributed by atoms with Crippen molar-refractivity contribution < 1.29 is 22.7 Å². The van der Waals surface area contributed by atoms with Crippen LogP contribution in [0.25, 0.3) is 0 Å². The van der Waals surface area contributed by atoms with Gasteiger partial charge in [0.05, 0.1) is 11.7 Å². The van der Waals surface area contributed by atoms with Crippen LogP contribution in [-0.2, 0) is 6.18 Å². The van der Waals surface area contributed by atoms with Crippen LogP contribution in [0, 0.1) is 11.7 Å². The van der Waals surface area contributed by atoms with E-state index in [0.29, 0.717) is 25.0 Å². The molecule has 0 aliphatic carbocycles. The van der Waals surface area contributed by atoms with E-state index in [4.69, 9.17) is 0 Å². The highest BCUT2D eigenvalue weighted by Gasteiger charge is 2.32. The Hall–Kier alpha value is -1.10. The van der Waals surface area contributed by atoms with Gasteiger partial charge in [-0.1, -0.05) is 26.7 Å².